The van der Waals surface area contributed by atoms with Gasteiger partial charge in [0.2, 0.25) is 11.8 Å². The number of hydrogen-bond acceptors (Lipinski definition) is 6. The largest absolute Gasteiger partial charge is 0.496 e. The van der Waals surface area contributed by atoms with E-state index in [1.54, 1.807) is 19.1 Å². The summed E-state index contributed by atoms with van der Waals surface area (Å²) < 4.78 is 12.7. The van der Waals surface area contributed by atoms with Crippen molar-refractivity contribution < 1.29 is 19.1 Å². The van der Waals surface area contributed by atoms with Gasteiger partial charge >= 0.3 is 0 Å². The fraction of sp³-hybridized carbons (Fsp3) is 0.433. The van der Waals surface area contributed by atoms with Crippen molar-refractivity contribution in [3.8, 4) is 11.4 Å². The van der Waals surface area contributed by atoms with Gasteiger partial charge in [0.05, 0.1) is 36.1 Å². The molecule has 39 heavy (non-hydrogen) atoms. The lowest BCUT2D eigenvalue weighted by Gasteiger charge is -2.25. The number of benzene rings is 2. The van der Waals surface area contributed by atoms with Crippen LogP contribution in [-0.2, 0) is 19.7 Å². The maximum absolute atomic E-state index is 13.8. The second kappa shape index (κ2) is 11.8. The molecule has 0 saturated carbocycles. The van der Waals surface area contributed by atoms with E-state index >= 15 is 0 Å². The first-order valence-electron chi connectivity index (χ1n) is 13.1. The van der Waals surface area contributed by atoms with Crippen molar-refractivity contribution >= 4 is 29.4 Å². The van der Waals surface area contributed by atoms with Crippen molar-refractivity contribution in [1.29, 1.82) is 0 Å². The molecular formula is C30H38N4O4S. The molecule has 0 fully saturated rings. The summed E-state index contributed by atoms with van der Waals surface area (Å²) in [6.07, 6.45) is 0. The van der Waals surface area contributed by atoms with E-state index in [0.29, 0.717) is 19.0 Å². The minimum Gasteiger partial charge on any atom is -0.496 e. The molecule has 3 aromatic rings. The first kappa shape index (κ1) is 28.7. The number of thioether (sulfide) groups is 1. The molecule has 1 N–H and O–H groups in total. The van der Waals surface area contributed by atoms with E-state index in [2.05, 4.69) is 46.0 Å². The number of aromatic nitrogens is 2. The average molecular weight is 551 g/mol. The number of anilines is 1. The zero-order chi connectivity index (χ0) is 28.3. The van der Waals surface area contributed by atoms with Crippen LogP contribution in [-0.4, -0.2) is 61.3 Å². The standard InChI is InChI=1S/C30H38N4O4S/c1-19-11-10-13-22(20(19)2)34-29-26(28(32-34)30(3,4)5)27(21-12-8-9-14-23(21)38-7)39-18-25(36)33(29)17-24(35)31-15-16-37-6/h8-14,27H,15-18H2,1-7H3,(H,31,35)/t27-/m0/s1. The van der Waals surface area contributed by atoms with Gasteiger partial charge in [-0.3, -0.25) is 14.5 Å². The number of para-hydroxylation sites is 1. The van der Waals surface area contributed by atoms with E-state index in [9.17, 15) is 9.59 Å². The lowest BCUT2D eigenvalue weighted by molar-refractivity contribution is -0.123. The number of methoxy groups -OCH3 is 2. The Bertz CT molecular complexity index is 1360. The minimum absolute atomic E-state index is 0.116. The number of carbonyl (C=O) groups is 2. The molecule has 9 heteroatoms. The van der Waals surface area contributed by atoms with Gasteiger partial charge in [-0.25, -0.2) is 4.68 Å². The van der Waals surface area contributed by atoms with Gasteiger partial charge in [-0.1, -0.05) is 51.1 Å². The summed E-state index contributed by atoms with van der Waals surface area (Å²) in [5, 5.41) is 7.83. The molecular weight excluding hydrogens is 512 g/mol. The summed E-state index contributed by atoms with van der Waals surface area (Å²) in [5.41, 5.74) is 5.49. The molecule has 2 heterocycles. The highest BCUT2D eigenvalue weighted by Crippen LogP contribution is 2.50. The SMILES string of the molecule is COCCNC(=O)CN1C(=O)CS[C@@H](c2ccccc2OC)c2c(C(C)(C)C)nn(-c3cccc(C)c3C)c21. The summed E-state index contributed by atoms with van der Waals surface area (Å²) >= 11 is 1.54. The third-order valence-electron chi connectivity index (χ3n) is 6.96. The van der Waals surface area contributed by atoms with E-state index in [4.69, 9.17) is 14.6 Å². The summed E-state index contributed by atoms with van der Waals surface area (Å²) in [4.78, 5) is 28.5. The maximum Gasteiger partial charge on any atom is 0.240 e. The normalized spacial score (nSPS) is 15.6. The summed E-state index contributed by atoms with van der Waals surface area (Å²) in [6, 6.07) is 14.0. The Morgan fingerprint density at radius 1 is 1.13 bits per heavy atom. The van der Waals surface area contributed by atoms with Crippen LogP contribution in [0.15, 0.2) is 42.5 Å². The molecule has 8 nitrogen and oxygen atoms in total. The smallest absolute Gasteiger partial charge is 0.240 e. The number of rotatable bonds is 8. The minimum atomic E-state index is -0.340. The monoisotopic (exact) mass is 550 g/mol. The molecule has 1 aliphatic heterocycles. The lowest BCUT2D eigenvalue weighted by Crippen LogP contribution is -2.43. The maximum atomic E-state index is 13.8. The van der Waals surface area contributed by atoms with Crippen LogP contribution in [0.3, 0.4) is 0 Å². The van der Waals surface area contributed by atoms with Crippen molar-refractivity contribution in [3.63, 3.8) is 0 Å². The van der Waals surface area contributed by atoms with Gasteiger partial charge < -0.3 is 14.8 Å². The predicted octanol–water partition coefficient (Wildman–Crippen LogP) is 4.73. The second-order valence-electron chi connectivity index (χ2n) is 10.7. The van der Waals surface area contributed by atoms with Crippen LogP contribution in [0.4, 0.5) is 5.82 Å². The Kier molecular flexibility index (Phi) is 8.71. The molecule has 0 spiro atoms. The number of aryl methyl sites for hydroxylation is 1. The van der Waals surface area contributed by atoms with Crippen LogP contribution in [0, 0.1) is 13.8 Å². The highest BCUT2D eigenvalue weighted by Gasteiger charge is 2.40. The average Bonchev–Trinajstić information content (AvgIpc) is 3.23. The Labute approximate surface area is 235 Å². The molecule has 0 aliphatic carbocycles. The fourth-order valence-corrected chi connectivity index (χ4v) is 6.05. The molecule has 0 bridgehead atoms. The van der Waals surface area contributed by atoms with Gasteiger partial charge in [-0.15, -0.1) is 11.8 Å². The van der Waals surface area contributed by atoms with Gasteiger partial charge in [0, 0.05) is 30.2 Å². The van der Waals surface area contributed by atoms with Crippen LogP contribution >= 0.6 is 11.8 Å². The van der Waals surface area contributed by atoms with Crippen molar-refractivity contribution in [3.05, 3.63) is 70.4 Å². The molecule has 4 rings (SSSR count). The highest BCUT2D eigenvalue weighted by atomic mass is 32.2. The number of fused-ring (bicyclic) bond motifs is 1. The molecule has 208 valence electrons. The zero-order valence-electron chi connectivity index (χ0n) is 23.8. The molecule has 1 aliphatic rings. The van der Waals surface area contributed by atoms with Crippen LogP contribution in [0.1, 0.15) is 54.0 Å². The summed E-state index contributed by atoms with van der Waals surface area (Å²) in [5.74, 6) is 1.18. The third-order valence-corrected chi connectivity index (χ3v) is 8.19. The Morgan fingerprint density at radius 3 is 2.56 bits per heavy atom. The van der Waals surface area contributed by atoms with E-state index in [1.165, 1.54) is 11.8 Å². The van der Waals surface area contributed by atoms with Gasteiger partial charge in [-0.2, -0.15) is 5.10 Å². The lowest BCUT2D eigenvalue weighted by atomic mass is 9.87. The van der Waals surface area contributed by atoms with Crippen molar-refractivity contribution in [2.45, 2.75) is 45.3 Å². The third kappa shape index (κ3) is 5.84. The highest BCUT2D eigenvalue weighted by molar-refractivity contribution is 8.00. The van der Waals surface area contributed by atoms with Gasteiger partial charge in [0.15, 0.2) is 0 Å². The van der Waals surface area contributed by atoms with Crippen molar-refractivity contribution in [1.82, 2.24) is 15.1 Å². The molecule has 0 radical (unpaired) electrons. The number of amides is 2. The van der Waals surface area contributed by atoms with Crippen LogP contribution in [0.5, 0.6) is 5.75 Å². The second-order valence-corrected chi connectivity index (χ2v) is 11.8. The Hall–Kier alpha value is -3.30. The molecule has 1 aromatic heterocycles. The molecule has 0 unspecified atom stereocenters. The first-order valence-corrected chi connectivity index (χ1v) is 14.1. The Balaban J connectivity index is 2.02. The van der Waals surface area contributed by atoms with Gasteiger partial charge in [-0.05, 0) is 37.1 Å². The molecule has 1 atom stereocenters. The van der Waals surface area contributed by atoms with Crippen LogP contribution in [0.25, 0.3) is 5.69 Å². The summed E-state index contributed by atoms with van der Waals surface area (Å²) in [6.45, 7) is 11.1. The Morgan fingerprint density at radius 2 is 1.87 bits per heavy atom. The fourth-order valence-electron chi connectivity index (χ4n) is 4.83. The molecule has 2 amide bonds. The quantitative estimate of drug-likeness (QED) is 0.409. The van der Waals surface area contributed by atoms with Gasteiger partial charge in [0.1, 0.15) is 18.1 Å². The van der Waals surface area contributed by atoms with Crippen LogP contribution in [0.2, 0.25) is 0 Å². The van der Waals surface area contributed by atoms with Gasteiger partial charge in [0.25, 0.3) is 0 Å². The number of nitrogens with zero attached hydrogens (tertiary/aromatic N) is 3. The predicted molar refractivity (Wildman–Crippen MR) is 156 cm³/mol. The van der Waals surface area contributed by atoms with Crippen molar-refractivity contribution in [2.75, 3.05) is 44.6 Å². The number of ether oxygens (including phenoxy) is 2. The first-order chi connectivity index (χ1) is 18.6. The molecule has 0 saturated heterocycles. The van der Waals surface area contributed by atoms with Crippen molar-refractivity contribution in [2.24, 2.45) is 0 Å². The van der Waals surface area contributed by atoms with Crippen LogP contribution < -0.4 is 15.0 Å². The van der Waals surface area contributed by atoms with E-state index in [0.717, 1.165) is 39.4 Å². The number of nitrogens with one attached hydrogen (secondary N) is 1. The zero-order valence-corrected chi connectivity index (χ0v) is 24.6. The topological polar surface area (TPSA) is 85.7 Å². The number of hydrogen-bond donors (Lipinski definition) is 1. The van der Waals surface area contributed by atoms with E-state index in [1.807, 2.05) is 41.1 Å². The molecule has 2 aromatic carbocycles. The summed E-state index contributed by atoms with van der Waals surface area (Å²) in [7, 11) is 3.25. The number of carbonyl (C=O) groups excluding carboxylic acids is 2. The van der Waals surface area contributed by atoms with E-state index < -0.39 is 0 Å². The van der Waals surface area contributed by atoms with E-state index in [-0.39, 0.29) is 34.8 Å².